The Labute approximate surface area is 131 Å². The predicted molar refractivity (Wildman–Crippen MR) is 90.5 cm³/mol. The number of hydrogen-bond donors (Lipinski definition) is 1. The molecule has 0 spiro atoms. The van der Waals surface area contributed by atoms with Gasteiger partial charge >= 0.3 is 0 Å². The Bertz CT molecular complexity index is 737. The molecule has 0 aliphatic heterocycles. The zero-order valence-corrected chi connectivity index (χ0v) is 12.4. The van der Waals surface area contributed by atoms with Crippen molar-refractivity contribution in [3.63, 3.8) is 0 Å². The summed E-state index contributed by atoms with van der Waals surface area (Å²) in [7, 11) is 0. The second-order valence-corrected chi connectivity index (χ2v) is 5.13. The van der Waals surface area contributed by atoms with Crippen LogP contribution in [0.2, 0.25) is 0 Å². The molecule has 0 radical (unpaired) electrons. The molecule has 0 heterocycles. The summed E-state index contributed by atoms with van der Waals surface area (Å²) < 4.78 is 6.04. The van der Waals surface area contributed by atoms with Gasteiger partial charge in [0.1, 0.15) is 12.4 Å². The van der Waals surface area contributed by atoms with Crippen molar-refractivity contribution in [2.45, 2.75) is 13.2 Å². The SMILES string of the molecule is NCc1ccccc1-c1ccccc1OCc1ccccc1. The van der Waals surface area contributed by atoms with Gasteiger partial charge in [-0.2, -0.15) is 0 Å². The molecule has 0 bridgehead atoms. The molecule has 0 amide bonds. The van der Waals surface area contributed by atoms with Crippen LogP contribution in [0, 0.1) is 0 Å². The van der Waals surface area contributed by atoms with Crippen molar-refractivity contribution in [2.75, 3.05) is 0 Å². The molecule has 22 heavy (non-hydrogen) atoms. The van der Waals surface area contributed by atoms with Crippen LogP contribution in [0.15, 0.2) is 78.9 Å². The molecule has 0 saturated carbocycles. The zero-order valence-electron chi connectivity index (χ0n) is 12.4. The summed E-state index contributed by atoms with van der Waals surface area (Å²) in [6.45, 7) is 1.08. The van der Waals surface area contributed by atoms with Crippen LogP contribution < -0.4 is 10.5 Å². The number of benzene rings is 3. The summed E-state index contributed by atoms with van der Waals surface area (Å²) in [5, 5.41) is 0. The van der Waals surface area contributed by atoms with Gasteiger partial charge in [-0.15, -0.1) is 0 Å². The first-order valence-corrected chi connectivity index (χ1v) is 7.42. The Morgan fingerprint density at radius 1 is 0.682 bits per heavy atom. The van der Waals surface area contributed by atoms with Crippen LogP contribution in [-0.4, -0.2) is 0 Å². The van der Waals surface area contributed by atoms with E-state index >= 15 is 0 Å². The topological polar surface area (TPSA) is 35.2 Å². The Balaban J connectivity index is 1.90. The standard InChI is InChI=1S/C20H19NO/c21-14-17-10-4-5-11-18(17)19-12-6-7-13-20(19)22-15-16-8-2-1-3-9-16/h1-13H,14-15,21H2. The summed E-state index contributed by atoms with van der Waals surface area (Å²) >= 11 is 0. The van der Waals surface area contributed by atoms with E-state index < -0.39 is 0 Å². The van der Waals surface area contributed by atoms with Gasteiger partial charge in [0.2, 0.25) is 0 Å². The van der Waals surface area contributed by atoms with Gasteiger partial charge in [0.25, 0.3) is 0 Å². The molecule has 2 heteroatoms. The molecule has 2 N–H and O–H groups in total. The van der Waals surface area contributed by atoms with E-state index in [-0.39, 0.29) is 0 Å². The summed E-state index contributed by atoms with van der Waals surface area (Å²) in [6, 6.07) is 26.5. The van der Waals surface area contributed by atoms with Crippen LogP contribution in [0.4, 0.5) is 0 Å². The number of nitrogens with two attached hydrogens (primary N) is 1. The van der Waals surface area contributed by atoms with Gasteiger partial charge in [0.05, 0.1) is 0 Å². The van der Waals surface area contributed by atoms with Crippen molar-refractivity contribution < 1.29 is 4.74 Å². The highest BCUT2D eigenvalue weighted by Gasteiger charge is 2.09. The van der Waals surface area contributed by atoms with Crippen molar-refractivity contribution in [2.24, 2.45) is 5.73 Å². The summed E-state index contributed by atoms with van der Waals surface area (Å²) in [5.41, 5.74) is 10.4. The van der Waals surface area contributed by atoms with Crippen molar-refractivity contribution in [1.29, 1.82) is 0 Å². The fraction of sp³-hybridized carbons (Fsp3) is 0.100. The largest absolute Gasteiger partial charge is 0.488 e. The van der Waals surface area contributed by atoms with E-state index in [2.05, 4.69) is 30.3 Å². The third-order valence-electron chi connectivity index (χ3n) is 3.65. The van der Waals surface area contributed by atoms with E-state index in [1.54, 1.807) is 0 Å². The predicted octanol–water partition coefficient (Wildman–Crippen LogP) is 4.39. The number of rotatable bonds is 5. The summed E-state index contributed by atoms with van der Waals surface area (Å²) in [4.78, 5) is 0. The normalized spacial score (nSPS) is 10.4. The van der Waals surface area contributed by atoms with Crippen LogP contribution in [0.1, 0.15) is 11.1 Å². The van der Waals surface area contributed by atoms with E-state index in [0.29, 0.717) is 13.2 Å². The van der Waals surface area contributed by atoms with E-state index in [0.717, 1.165) is 28.0 Å². The maximum absolute atomic E-state index is 6.04. The molecule has 0 fully saturated rings. The lowest BCUT2D eigenvalue weighted by Crippen LogP contribution is -2.01. The quantitative estimate of drug-likeness (QED) is 0.756. The van der Waals surface area contributed by atoms with E-state index in [1.165, 1.54) is 0 Å². The minimum absolute atomic E-state index is 0.517. The highest BCUT2D eigenvalue weighted by molar-refractivity contribution is 5.73. The van der Waals surface area contributed by atoms with Crippen LogP contribution in [-0.2, 0) is 13.2 Å². The Kier molecular flexibility index (Phi) is 4.52. The first-order chi connectivity index (χ1) is 10.9. The molecule has 3 aromatic carbocycles. The molecule has 3 rings (SSSR count). The highest BCUT2D eigenvalue weighted by atomic mass is 16.5. The molecule has 0 aromatic heterocycles. The molecular weight excluding hydrogens is 270 g/mol. The molecule has 0 aliphatic rings. The molecular formula is C20H19NO. The molecule has 0 aliphatic carbocycles. The smallest absolute Gasteiger partial charge is 0.127 e. The van der Waals surface area contributed by atoms with Crippen molar-refractivity contribution in [1.82, 2.24) is 0 Å². The fourth-order valence-corrected chi connectivity index (χ4v) is 2.51. The van der Waals surface area contributed by atoms with E-state index in [9.17, 15) is 0 Å². The lowest BCUT2D eigenvalue weighted by molar-refractivity contribution is 0.307. The first kappa shape index (κ1) is 14.4. The number of para-hydroxylation sites is 1. The maximum Gasteiger partial charge on any atom is 0.127 e. The Hall–Kier alpha value is -2.58. The molecule has 2 nitrogen and oxygen atoms in total. The summed E-state index contributed by atoms with van der Waals surface area (Å²) in [5.74, 6) is 0.882. The lowest BCUT2D eigenvalue weighted by atomic mass is 9.99. The third-order valence-corrected chi connectivity index (χ3v) is 3.65. The molecule has 0 saturated heterocycles. The summed E-state index contributed by atoms with van der Waals surface area (Å²) in [6.07, 6.45) is 0. The average molecular weight is 289 g/mol. The molecule has 0 unspecified atom stereocenters. The molecule has 0 atom stereocenters. The van der Waals surface area contributed by atoms with Crippen molar-refractivity contribution in [3.8, 4) is 16.9 Å². The third kappa shape index (κ3) is 3.18. The molecule has 3 aromatic rings. The number of ether oxygens (including phenoxy) is 1. The first-order valence-electron chi connectivity index (χ1n) is 7.42. The minimum atomic E-state index is 0.517. The number of hydrogen-bond acceptors (Lipinski definition) is 2. The second kappa shape index (κ2) is 6.92. The van der Waals surface area contributed by atoms with Gasteiger partial charge in [-0.1, -0.05) is 72.8 Å². The van der Waals surface area contributed by atoms with Gasteiger partial charge in [-0.3, -0.25) is 0 Å². The van der Waals surface area contributed by atoms with Crippen molar-refractivity contribution >= 4 is 0 Å². The maximum atomic E-state index is 6.04. The van der Waals surface area contributed by atoms with E-state index in [4.69, 9.17) is 10.5 Å². The Morgan fingerprint density at radius 3 is 2.09 bits per heavy atom. The van der Waals surface area contributed by atoms with Crippen molar-refractivity contribution in [3.05, 3.63) is 90.0 Å². The molecule has 110 valence electrons. The Morgan fingerprint density at radius 2 is 1.32 bits per heavy atom. The van der Waals surface area contributed by atoms with Crippen LogP contribution in [0.5, 0.6) is 5.75 Å². The van der Waals surface area contributed by atoms with E-state index in [1.807, 2.05) is 48.5 Å². The van der Waals surface area contributed by atoms with Gasteiger partial charge in [-0.25, -0.2) is 0 Å². The minimum Gasteiger partial charge on any atom is -0.488 e. The average Bonchev–Trinajstić information content (AvgIpc) is 2.61. The second-order valence-electron chi connectivity index (χ2n) is 5.13. The zero-order chi connectivity index (χ0) is 15.2. The highest BCUT2D eigenvalue weighted by Crippen LogP contribution is 2.32. The van der Waals surface area contributed by atoms with Crippen LogP contribution in [0.3, 0.4) is 0 Å². The fourth-order valence-electron chi connectivity index (χ4n) is 2.51. The van der Waals surface area contributed by atoms with Gasteiger partial charge < -0.3 is 10.5 Å². The van der Waals surface area contributed by atoms with Gasteiger partial charge in [-0.05, 0) is 22.8 Å². The van der Waals surface area contributed by atoms with Crippen LogP contribution in [0.25, 0.3) is 11.1 Å². The monoisotopic (exact) mass is 289 g/mol. The lowest BCUT2D eigenvalue weighted by Gasteiger charge is -2.14. The van der Waals surface area contributed by atoms with Gasteiger partial charge in [0, 0.05) is 12.1 Å². The van der Waals surface area contributed by atoms with Gasteiger partial charge in [0.15, 0.2) is 0 Å². The van der Waals surface area contributed by atoms with Crippen LogP contribution >= 0.6 is 0 Å².